The van der Waals surface area contributed by atoms with Crippen molar-refractivity contribution in [3.8, 4) is 0 Å². The van der Waals surface area contributed by atoms with Gasteiger partial charge in [-0.05, 0) is 26.3 Å². The zero-order valence-electron chi connectivity index (χ0n) is 15.0. The van der Waals surface area contributed by atoms with Crippen molar-refractivity contribution in [2.45, 2.75) is 39.5 Å². The standard InChI is InChI=1S/C18H22N2O6/c1-11-4-6-14(7-5-11)10-26-16(22)9-19-12(2)17(23)20(8-15(19)21)13(3)18(24)25/h4-7,12-13H,8-10H2,1-3H3,(H,24,25)/t12-,13?/m0/s1. The molecule has 1 N–H and O–H groups in total. The number of carboxylic acids is 1. The van der Waals surface area contributed by atoms with Crippen LogP contribution in [-0.4, -0.2) is 63.8 Å². The Kier molecular flexibility index (Phi) is 5.97. The molecular formula is C18H22N2O6. The summed E-state index contributed by atoms with van der Waals surface area (Å²) in [6.07, 6.45) is 0. The van der Waals surface area contributed by atoms with Gasteiger partial charge in [0.15, 0.2) is 0 Å². The molecule has 1 heterocycles. The minimum atomic E-state index is -1.19. The van der Waals surface area contributed by atoms with Crippen molar-refractivity contribution in [2.75, 3.05) is 13.1 Å². The van der Waals surface area contributed by atoms with Gasteiger partial charge >= 0.3 is 11.9 Å². The lowest BCUT2D eigenvalue weighted by Crippen LogP contribution is -2.62. The van der Waals surface area contributed by atoms with E-state index in [1.54, 1.807) is 0 Å². The second-order valence-electron chi connectivity index (χ2n) is 6.32. The molecule has 1 unspecified atom stereocenters. The number of hydrogen-bond donors (Lipinski definition) is 1. The number of carboxylic acid groups (broad SMARTS) is 1. The monoisotopic (exact) mass is 362 g/mol. The third-order valence-electron chi connectivity index (χ3n) is 4.38. The van der Waals surface area contributed by atoms with E-state index in [1.807, 2.05) is 31.2 Å². The fourth-order valence-electron chi connectivity index (χ4n) is 2.62. The fraction of sp³-hybridized carbons (Fsp3) is 0.444. The number of amides is 2. The lowest BCUT2D eigenvalue weighted by Gasteiger charge is -2.39. The number of aryl methyl sites for hydroxylation is 1. The highest BCUT2D eigenvalue weighted by molar-refractivity contribution is 5.98. The zero-order chi connectivity index (χ0) is 19.4. The van der Waals surface area contributed by atoms with E-state index >= 15 is 0 Å². The van der Waals surface area contributed by atoms with Gasteiger partial charge in [-0.3, -0.25) is 14.4 Å². The van der Waals surface area contributed by atoms with Gasteiger partial charge in [0.2, 0.25) is 11.8 Å². The van der Waals surface area contributed by atoms with Gasteiger partial charge in [-0.2, -0.15) is 0 Å². The molecule has 0 bridgehead atoms. The van der Waals surface area contributed by atoms with Crippen LogP contribution in [0.25, 0.3) is 0 Å². The van der Waals surface area contributed by atoms with E-state index in [9.17, 15) is 19.2 Å². The number of benzene rings is 1. The SMILES string of the molecule is Cc1ccc(COC(=O)CN2C(=O)CN(C(C)C(=O)O)C(=O)[C@@H]2C)cc1. The minimum absolute atomic E-state index is 0.0750. The van der Waals surface area contributed by atoms with Crippen molar-refractivity contribution >= 4 is 23.8 Å². The summed E-state index contributed by atoms with van der Waals surface area (Å²) in [5.41, 5.74) is 1.91. The summed E-state index contributed by atoms with van der Waals surface area (Å²) < 4.78 is 5.16. The maximum absolute atomic E-state index is 12.3. The highest BCUT2D eigenvalue weighted by Gasteiger charge is 2.41. The number of esters is 1. The lowest BCUT2D eigenvalue weighted by molar-refractivity contribution is -0.165. The Morgan fingerprint density at radius 1 is 1.27 bits per heavy atom. The van der Waals surface area contributed by atoms with Crippen LogP contribution in [0.5, 0.6) is 0 Å². The number of hydrogen-bond acceptors (Lipinski definition) is 5. The predicted octanol–water partition coefficient (Wildman–Crippen LogP) is 0.571. The summed E-state index contributed by atoms with van der Waals surface area (Å²) in [7, 11) is 0. The molecule has 140 valence electrons. The summed E-state index contributed by atoms with van der Waals surface area (Å²) in [6.45, 7) is 4.10. The van der Waals surface area contributed by atoms with Crippen molar-refractivity contribution < 1.29 is 29.0 Å². The molecule has 26 heavy (non-hydrogen) atoms. The maximum atomic E-state index is 12.3. The summed E-state index contributed by atoms with van der Waals surface area (Å²) in [5.74, 6) is -2.81. The third-order valence-corrected chi connectivity index (χ3v) is 4.38. The Balaban J connectivity index is 1.95. The Morgan fingerprint density at radius 3 is 2.46 bits per heavy atom. The zero-order valence-corrected chi connectivity index (χ0v) is 15.0. The highest BCUT2D eigenvalue weighted by Crippen LogP contribution is 2.16. The van der Waals surface area contributed by atoms with E-state index in [0.717, 1.165) is 20.9 Å². The fourth-order valence-corrected chi connectivity index (χ4v) is 2.62. The van der Waals surface area contributed by atoms with Crippen LogP contribution in [0, 0.1) is 6.92 Å². The largest absolute Gasteiger partial charge is 0.480 e. The molecule has 2 atom stereocenters. The topological polar surface area (TPSA) is 104 Å². The number of piperazine rings is 1. The molecule has 1 aromatic carbocycles. The Labute approximate surface area is 151 Å². The number of carbonyl (C=O) groups excluding carboxylic acids is 3. The van der Waals surface area contributed by atoms with E-state index in [0.29, 0.717) is 0 Å². The van der Waals surface area contributed by atoms with Crippen LogP contribution >= 0.6 is 0 Å². The van der Waals surface area contributed by atoms with Gasteiger partial charge in [-0.15, -0.1) is 0 Å². The van der Waals surface area contributed by atoms with Gasteiger partial charge in [0, 0.05) is 0 Å². The molecule has 1 aliphatic heterocycles. The van der Waals surface area contributed by atoms with Gasteiger partial charge in [-0.1, -0.05) is 29.8 Å². The van der Waals surface area contributed by atoms with Gasteiger partial charge in [0.05, 0.1) is 0 Å². The van der Waals surface area contributed by atoms with E-state index < -0.39 is 35.8 Å². The Morgan fingerprint density at radius 2 is 1.88 bits per heavy atom. The van der Waals surface area contributed by atoms with Gasteiger partial charge in [0.25, 0.3) is 0 Å². The van der Waals surface area contributed by atoms with Gasteiger partial charge in [0.1, 0.15) is 31.8 Å². The first-order valence-electron chi connectivity index (χ1n) is 8.24. The van der Waals surface area contributed by atoms with Gasteiger partial charge < -0.3 is 19.6 Å². The van der Waals surface area contributed by atoms with Crippen molar-refractivity contribution in [3.63, 3.8) is 0 Å². The van der Waals surface area contributed by atoms with Crippen LogP contribution in [0.4, 0.5) is 0 Å². The summed E-state index contributed by atoms with van der Waals surface area (Å²) in [5, 5.41) is 9.04. The van der Waals surface area contributed by atoms with Crippen molar-refractivity contribution in [2.24, 2.45) is 0 Å². The van der Waals surface area contributed by atoms with E-state index in [1.165, 1.54) is 13.8 Å². The molecule has 8 heteroatoms. The second-order valence-corrected chi connectivity index (χ2v) is 6.32. The number of aliphatic carboxylic acids is 1. The van der Waals surface area contributed by atoms with Crippen LogP contribution in [-0.2, 0) is 30.5 Å². The Hall–Kier alpha value is -2.90. The van der Waals surface area contributed by atoms with Crippen LogP contribution in [0.3, 0.4) is 0 Å². The smallest absolute Gasteiger partial charge is 0.326 e. The predicted molar refractivity (Wildman–Crippen MR) is 91.0 cm³/mol. The third kappa shape index (κ3) is 4.38. The first kappa shape index (κ1) is 19.4. The molecule has 2 amide bonds. The molecular weight excluding hydrogens is 340 g/mol. The number of nitrogens with zero attached hydrogens (tertiary/aromatic N) is 2. The van der Waals surface area contributed by atoms with Crippen molar-refractivity contribution in [1.82, 2.24) is 9.80 Å². The van der Waals surface area contributed by atoms with Crippen LogP contribution in [0.1, 0.15) is 25.0 Å². The van der Waals surface area contributed by atoms with Crippen LogP contribution in [0.2, 0.25) is 0 Å². The highest BCUT2D eigenvalue weighted by atomic mass is 16.5. The molecule has 0 spiro atoms. The normalized spacial score (nSPS) is 18.7. The molecule has 1 fully saturated rings. The average Bonchev–Trinajstić information content (AvgIpc) is 2.60. The lowest BCUT2D eigenvalue weighted by atomic mass is 10.1. The quantitative estimate of drug-likeness (QED) is 0.742. The minimum Gasteiger partial charge on any atom is -0.480 e. The molecule has 1 aliphatic rings. The number of ether oxygens (including phenoxy) is 1. The van der Waals surface area contributed by atoms with E-state index in [-0.39, 0.29) is 19.7 Å². The molecule has 1 saturated heterocycles. The second kappa shape index (κ2) is 7.99. The Bertz CT molecular complexity index is 715. The number of carbonyl (C=O) groups is 4. The van der Waals surface area contributed by atoms with Crippen molar-refractivity contribution in [1.29, 1.82) is 0 Å². The summed E-state index contributed by atoms with van der Waals surface area (Å²) in [4.78, 5) is 49.8. The van der Waals surface area contributed by atoms with Gasteiger partial charge in [-0.25, -0.2) is 4.79 Å². The number of rotatable bonds is 6. The van der Waals surface area contributed by atoms with Crippen LogP contribution in [0.15, 0.2) is 24.3 Å². The first-order valence-corrected chi connectivity index (χ1v) is 8.24. The van der Waals surface area contributed by atoms with Crippen LogP contribution < -0.4 is 0 Å². The molecule has 8 nitrogen and oxygen atoms in total. The molecule has 2 rings (SSSR count). The first-order chi connectivity index (χ1) is 12.2. The van der Waals surface area contributed by atoms with E-state index in [2.05, 4.69) is 0 Å². The van der Waals surface area contributed by atoms with Crippen molar-refractivity contribution in [3.05, 3.63) is 35.4 Å². The van der Waals surface area contributed by atoms with E-state index in [4.69, 9.17) is 9.84 Å². The average molecular weight is 362 g/mol. The molecule has 0 saturated carbocycles. The summed E-state index contributed by atoms with van der Waals surface area (Å²) in [6, 6.07) is 5.44. The summed E-state index contributed by atoms with van der Waals surface area (Å²) >= 11 is 0. The molecule has 0 aromatic heterocycles. The molecule has 0 aliphatic carbocycles. The molecule has 1 aromatic rings. The molecule has 0 radical (unpaired) electrons. The maximum Gasteiger partial charge on any atom is 0.326 e.